The fourth-order valence-electron chi connectivity index (χ4n) is 1.27. The van der Waals surface area contributed by atoms with Crippen molar-refractivity contribution in [2.75, 3.05) is 6.61 Å². The van der Waals surface area contributed by atoms with Gasteiger partial charge in [0.2, 0.25) is 0 Å². The molecule has 1 radical (unpaired) electrons. The molecule has 0 aliphatic carbocycles. The Balaban J connectivity index is 2.20. The molecule has 1 aromatic carbocycles. The summed E-state index contributed by atoms with van der Waals surface area (Å²) in [5.41, 5.74) is 0.762. The predicted molar refractivity (Wildman–Crippen MR) is 68.1 cm³/mol. The molecule has 0 N–H and O–H groups in total. The molecule has 1 aromatic rings. The molecular formula is C13H17ClNO. The summed E-state index contributed by atoms with van der Waals surface area (Å²) in [7, 11) is 0. The first-order valence-electron chi connectivity index (χ1n) is 5.67. The predicted octanol–water partition coefficient (Wildman–Crippen LogP) is 4.15. The van der Waals surface area contributed by atoms with Crippen molar-refractivity contribution in [3.63, 3.8) is 0 Å². The summed E-state index contributed by atoms with van der Waals surface area (Å²) in [5, 5.41) is 4.41. The zero-order valence-corrected chi connectivity index (χ0v) is 10.3. The number of hydrogen-bond acceptors (Lipinski definition) is 2. The highest BCUT2D eigenvalue weighted by atomic mass is 35.5. The van der Waals surface area contributed by atoms with E-state index >= 15 is 0 Å². The van der Waals surface area contributed by atoms with Crippen molar-refractivity contribution in [2.24, 2.45) is 5.16 Å². The smallest absolute Gasteiger partial charge is 0.141 e. The van der Waals surface area contributed by atoms with Crippen molar-refractivity contribution in [3.05, 3.63) is 34.9 Å². The molecule has 0 heterocycles. The Hall–Kier alpha value is -1.02. The fraction of sp³-hybridized carbons (Fsp3) is 0.462. The number of halogens is 1. The van der Waals surface area contributed by atoms with Crippen LogP contribution in [0.25, 0.3) is 0 Å². The first kappa shape index (κ1) is 13.0. The average Bonchev–Trinajstić information content (AvgIpc) is 2.30. The van der Waals surface area contributed by atoms with E-state index in [4.69, 9.17) is 16.4 Å². The fourth-order valence-corrected chi connectivity index (χ4v) is 1.45. The van der Waals surface area contributed by atoms with Crippen molar-refractivity contribution < 1.29 is 4.84 Å². The van der Waals surface area contributed by atoms with Crippen LogP contribution in [0, 0.1) is 0 Å². The van der Waals surface area contributed by atoms with Crippen LogP contribution in [-0.2, 0) is 4.84 Å². The molecule has 0 saturated carbocycles. The maximum Gasteiger partial charge on any atom is 0.141 e. The van der Waals surface area contributed by atoms with Gasteiger partial charge >= 0.3 is 0 Å². The summed E-state index contributed by atoms with van der Waals surface area (Å²) in [6.07, 6.45) is 7.49. The Morgan fingerprint density at radius 2 is 2.06 bits per heavy atom. The van der Waals surface area contributed by atoms with E-state index in [1.807, 2.05) is 18.2 Å². The Kier molecular flexibility index (Phi) is 6.66. The molecule has 0 saturated heterocycles. The lowest BCUT2D eigenvalue weighted by atomic mass is 10.2. The van der Waals surface area contributed by atoms with Crippen LogP contribution in [0.4, 0.5) is 0 Å². The molecule has 0 aliphatic rings. The summed E-state index contributed by atoms with van der Waals surface area (Å²) in [6, 6.07) is 7.43. The minimum Gasteiger partial charge on any atom is -0.395 e. The third-order valence-electron chi connectivity index (χ3n) is 2.19. The van der Waals surface area contributed by atoms with Gasteiger partial charge in [0.15, 0.2) is 0 Å². The minimum absolute atomic E-state index is 0.640. The number of rotatable bonds is 7. The molecule has 0 fully saturated rings. The number of unbranched alkanes of at least 4 members (excludes halogenated alkanes) is 3. The molecule has 0 spiro atoms. The lowest BCUT2D eigenvalue weighted by Gasteiger charge is -1.98. The molecule has 0 aromatic heterocycles. The van der Waals surface area contributed by atoms with E-state index in [1.165, 1.54) is 19.3 Å². The van der Waals surface area contributed by atoms with Crippen LogP contribution in [0.5, 0.6) is 0 Å². The van der Waals surface area contributed by atoms with Crippen LogP contribution in [-0.4, -0.2) is 12.8 Å². The molecule has 0 aliphatic heterocycles. The van der Waals surface area contributed by atoms with Gasteiger partial charge in [0.05, 0.1) is 5.02 Å². The van der Waals surface area contributed by atoms with E-state index in [0.717, 1.165) is 12.0 Å². The van der Waals surface area contributed by atoms with Crippen molar-refractivity contribution in [1.82, 2.24) is 0 Å². The van der Waals surface area contributed by atoms with Gasteiger partial charge in [0.1, 0.15) is 12.8 Å². The topological polar surface area (TPSA) is 21.6 Å². The van der Waals surface area contributed by atoms with Crippen LogP contribution >= 0.6 is 11.6 Å². The molecule has 0 atom stereocenters. The zero-order valence-electron chi connectivity index (χ0n) is 9.58. The third kappa shape index (κ3) is 5.17. The van der Waals surface area contributed by atoms with Crippen molar-refractivity contribution in [2.45, 2.75) is 32.6 Å². The quantitative estimate of drug-likeness (QED) is 0.397. The number of hydrogen-bond donors (Lipinski definition) is 0. The largest absolute Gasteiger partial charge is 0.395 e. The average molecular weight is 239 g/mol. The number of benzene rings is 1. The van der Waals surface area contributed by atoms with Gasteiger partial charge in [-0.3, -0.25) is 0 Å². The maximum atomic E-state index is 5.93. The van der Waals surface area contributed by atoms with Gasteiger partial charge in [0, 0.05) is 5.56 Å². The summed E-state index contributed by atoms with van der Waals surface area (Å²) in [6.45, 7) is 2.83. The SMILES string of the molecule is CCCCCCO/N=[C]/c1ccccc1Cl. The molecule has 0 amide bonds. The Labute approximate surface area is 102 Å². The Bertz CT molecular complexity index is 325. The van der Waals surface area contributed by atoms with Crippen molar-refractivity contribution >= 4 is 17.8 Å². The van der Waals surface area contributed by atoms with Crippen LogP contribution in [0.2, 0.25) is 5.02 Å². The van der Waals surface area contributed by atoms with E-state index in [-0.39, 0.29) is 0 Å². The second kappa shape index (κ2) is 8.17. The molecular weight excluding hydrogens is 222 g/mol. The summed E-state index contributed by atoms with van der Waals surface area (Å²) in [5.74, 6) is 0. The molecule has 3 heteroatoms. The van der Waals surface area contributed by atoms with Gasteiger partial charge in [-0.05, 0) is 18.9 Å². The number of nitrogens with zero attached hydrogens (tertiary/aromatic N) is 1. The second-order valence-electron chi connectivity index (χ2n) is 3.58. The molecule has 87 valence electrons. The Morgan fingerprint density at radius 1 is 1.25 bits per heavy atom. The van der Waals surface area contributed by atoms with Crippen LogP contribution in [0.1, 0.15) is 38.2 Å². The van der Waals surface area contributed by atoms with Gasteiger partial charge in [-0.2, -0.15) is 0 Å². The normalized spacial score (nSPS) is 10.9. The van der Waals surface area contributed by atoms with E-state index in [1.54, 1.807) is 6.07 Å². The summed E-state index contributed by atoms with van der Waals surface area (Å²) < 4.78 is 0. The lowest BCUT2D eigenvalue weighted by Crippen LogP contribution is -1.89. The van der Waals surface area contributed by atoms with Crippen LogP contribution in [0.15, 0.2) is 29.4 Å². The van der Waals surface area contributed by atoms with E-state index in [2.05, 4.69) is 18.3 Å². The highest BCUT2D eigenvalue weighted by molar-refractivity contribution is 6.33. The van der Waals surface area contributed by atoms with Gasteiger partial charge in [0.25, 0.3) is 0 Å². The second-order valence-corrected chi connectivity index (χ2v) is 3.98. The van der Waals surface area contributed by atoms with Crippen LogP contribution < -0.4 is 0 Å². The maximum absolute atomic E-state index is 5.93. The van der Waals surface area contributed by atoms with Crippen molar-refractivity contribution in [1.29, 1.82) is 0 Å². The molecule has 0 unspecified atom stereocenters. The standard InChI is InChI=1S/C13H17ClNO/c1-2-3-4-7-10-16-15-11-12-8-5-6-9-13(12)14/h5-6,8-9H,2-4,7,10H2,1H3. The first-order valence-corrected chi connectivity index (χ1v) is 6.05. The van der Waals surface area contributed by atoms with E-state index in [0.29, 0.717) is 11.6 Å². The summed E-state index contributed by atoms with van der Waals surface area (Å²) in [4.78, 5) is 5.09. The third-order valence-corrected chi connectivity index (χ3v) is 2.52. The molecule has 0 bridgehead atoms. The van der Waals surface area contributed by atoms with E-state index < -0.39 is 0 Å². The zero-order chi connectivity index (χ0) is 11.6. The molecule has 1 rings (SSSR count). The molecule has 2 nitrogen and oxygen atoms in total. The first-order chi connectivity index (χ1) is 7.84. The lowest BCUT2D eigenvalue weighted by molar-refractivity contribution is 0.141. The minimum atomic E-state index is 0.640. The van der Waals surface area contributed by atoms with Crippen molar-refractivity contribution in [3.8, 4) is 0 Å². The highest BCUT2D eigenvalue weighted by Gasteiger charge is 1.95. The van der Waals surface area contributed by atoms with Gasteiger partial charge in [-0.1, -0.05) is 54.7 Å². The van der Waals surface area contributed by atoms with Crippen LogP contribution in [0.3, 0.4) is 0 Å². The van der Waals surface area contributed by atoms with Gasteiger partial charge < -0.3 is 4.84 Å². The highest BCUT2D eigenvalue weighted by Crippen LogP contribution is 2.12. The van der Waals surface area contributed by atoms with E-state index in [9.17, 15) is 0 Å². The monoisotopic (exact) mass is 238 g/mol. The Morgan fingerprint density at radius 3 is 2.81 bits per heavy atom. The molecule has 16 heavy (non-hydrogen) atoms. The van der Waals surface area contributed by atoms with Gasteiger partial charge in [-0.25, -0.2) is 0 Å². The van der Waals surface area contributed by atoms with Gasteiger partial charge in [-0.15, -0.1) is 0 Å². The summed E-state index contributed by atoms with van der Waals surface area (Å²) >= 11 is 5.93.